The third-order valence-electron chi connectivity index (χ3n) is 4.24. The van der Waals surface area contributed by atoms with Crippen molar-refractivity contribution in [2.75, 3.05) is 19.6 Å². The second-order valence-electron chi connectivity index (χ2n) is 6.26. The van der Waals surface area contributed by atoms with E-state index in [4.69, 9.17) is 10.5 Å². The van der Waals surface area contributed by atoms with Gasteiger partial charge in [-0.05, 0) is 59.0 Å². The molecule has 2 N–H and O–H groups in total. The quantitative estimate of drug-likeness (QED) is 0.818. The van der Waals surface area contributed by atoms with Crippen LogP contribution in [0.25, 0.3) is 0 Å². The second-order valence-corrected chi connectivity index (χ2v) is 6.26. The highest BCUT2D eigenvalue weighted by Gasteiger charge is 2.34. The third-order valence-corrected chi connectivity index (χ3v) is 4.24. The molecule has 0 bridgehead atoms. The molecule has 2 heterocycles. The molecule has 0 saturated carbocycles. The maximum absolute atomic E-state index is 6.11. The molecule has 2 fully saturated rings. The molecule has 2 rings (SSSR count). The van der Waals surface area contributed by atoms with Gasteiger partial charge in [0.15, 0.2) is 0 Å². The van der Waals surface area contributed by atoms with Gasteiger partial charge in [-0.25, -0.2) is 0 Å². The van der Waals surface area contributed by atoms with Crippen molar-refractivity contribution in [1.29, 1.82) is 0 Å². The number of ether oxygens (including phenoxy) is 1. The normalized spacial score (nSPS) is 34.1. The van der Waals surface area contributed by atoms with Gasteiger partial charge in [-0.2, -0.15) is 0 Å². The molecule has 2 aliphatic rings. The first-order valence-corrected chi connectivity index (χ1v) is 7.23. The summed E-state index contributed by atoms with van der Waals surface area (Å²) in [7, 11) is 0. The van der Waals surface area contributed by atoms with Crippen molar-refractivity contribution in [1.82, 2.24) is 4.90 Å². The van der Waals surface area contributed by atoms with Crippen LogP contribution in [0.1, 0.15) is 52.4 Å². The summed E-state index contributed by atoms with van der Waals surface area (Å²) in [6.07, 6.45) is 8.06. The molecule has 0 aliphatic carbocycles. The molecule has 0 aromatic heterocycles. The van der Waals surface area contributed by atoms with E-state index in [0.717, 1.165) is 19.5 Å². The van der Waals surface area contributed by atoms with Crippen molar-refractivity contribution < 1.29 is 4.74 Å². The number of nitrogens with zero attached hydrogens (tertiary/aromatic N) is 1. The number of nitrogens with two attached hydrogens (primary N) is 1. The number of hydrogen-bond donors (Lipinski definition) is 1. The molecule has 2 saturated heterocycles. The van der Waals surface area contributed by atoms with Gasteiger partial charge in [0, 0.05) is 12.6 Å². The zero-order chi connectivity index (χ0) is 12.3. The van der Waals surface area contributed by atoms with Gasteiger partial charge in [-0.1, -0.05) is 6.42 Å². The van der Waals surface area contributed by atoms with Crippen LogP contribution >= 0.6 is 0 Å². The van der Waals surface area contributed by atoms with Gasteiger partial charge in [0.05, 0.1) is 11.7 Å². The molecular formula is C14H28N2O. The fourth-order valence-electron chi connectivity index (χ4n) is 3.29. The molecule has 0 radical (unpaired) electrons. The van der Waals surface area contributed by atoms with Crippen LogP contribution in [0.15, 0.2) is 0 Å². The lowest BCUT2D eigenvalue weighted by Crippen LogP contribution is -2.44. The van der Waals surface area contributed by atoms with Crippen LogP contribution in [-0.4, -0.2) is 42.3 Å². The Kier molecular flexibility index (Phi) is 4.45. The van der Waals surface area contributed by atoms with Crippen molar-refractivity contribution in [2.45, 2.75) is 70.1 Å². The predicted octanol–water partition coefficient (Wildman–Crippen LogP) is 2.15. The summed E-state index contributed by atoms with van der Waals surface area (Å²) in [6.45, 7) is 7.60. The molecule has 0 aromatic rings. The summed E-state index contributed by atoms with van der Waals surface area (Å²) >= 11 is 0. The molecule has 0 amide bonds. The minimum atomic E-state index is 0.101. The molecule has 2 atom stereocenters. The van der Waals surface area contributed by atoms with E-state index in [2.05, 4.69) is 18.7 Å². The average Bonchev–Trinajstić information content (AvgIpc) is 2.61. The van der Waals surface area contributed by atoms with Crippen LogP contribution in [-0.2, 0) is 4.74 Å². The van der Waals surface area contributed by atoms with Crippen molar-refractivity contribution in [3.05, 3.63) is 0 Å². The maximum Gasteiger partial charge on any atom is 0.0710 e. The topological polar surface area (TPSA) is 38.5 Å². The maximum atomic E-state index is 6.11. The van der Waals surface area contributed by atoms with Crippen molar-refractivity contribution in [3.63, 3.8) is 0 Å². The lowest BCUT2D eigenvalue weighted by molar-refractivity contribution is -0.0376. The monoisotopic (exact) mass is 240 g/mol. The van der Waals surface area contributed by atoms with Crippen LogP contribution in [0.5, 0.6) is 0 Å². The molecule has 3 heteroatoms. The Bertz CT molecular complexity index is 240. The van der Waals surface area contributed by atoms with Gasteiger partial charge >= 0.3 is 0 Å². The van der Waals surface area contributed by atoms with E-state index in [0.29, 0.717) is 12.1 Å². The number of hydrogen-bond acceptors (Lipinski definition) is 3. The Morgan fingerprint density at radius 1 is 1.29 bits per heavy atom. The average molecular weight is 240 g/mol. The van der Waals surface area contributed by atoms with Gasteiger partial charge in [0.2, 0.25) is 0 Å². The van der Waals surface area contributed by atoms with Gasteiger partial charge in [-0.15, -0.1) is 0 Å². The highest BCUT2D eigenvalue weighted by Crippen LogP contribution is 2.31. The smallest absolute Gasteiger partial charge is 0.0710 e. The van der Waals surface area contributed by atoms with Crippen molar-refractivity contribution in [3.8, 4) is 0 Å². The molecular weight excluding hydrogens is 212 g/mol. The second kappa shape index (κ2) is 5.68. The van der Waals surface area contributed by atoms with E-state index in [1.807, 2.05) is 0 Å². The van der Waals surface area contributed by atoms with Crippen molar-refractivity contribution >= 4 is 0 Å². The fourth-order valence-corrected chi connectivity index (χ4v) is 3.29. The Morgan fingerprint density at radius 2 is 2.12 bits per heavy atom. The first kappa shape index (κ1) is 13.3. The standard InChI is InChI=1S/C14H28N2O/c1-14(2)8-6-13(17-14)11-16-10-4-3-5-12(16)7-9-15/h12-13H,3-11,15H2,1-2H3. The zero-order valence-corrected chi connectivity index (χ0v) is 11.5. The lowest BCUT2D eigenvalue weighted by atomic mass is 9.98. The molecule has 3 nitrogen and oxygen atoms in total. The van der Waals surface area contributed by atoms with Gasteiger partial charge < -0.3 is 10.5 Å². The molecule has 0 aromatic carbocycles. The third kappa shape index (κ3) is 3.67. The molecule has 0 spiro atoms. The summed E-state index contributed by atoms with van der Waals surface area (Å²) in [5.74, 6) is 0. The summed E-state index contributed by atoms with van der Waals surface area (Å²) in [5, 5.41) is 0. The highest BCUT2D eigenvalue weighted by atomic mass is 16.5. The van der Waals surface area contributed by atoms with E-state index in [9.17, 15) is 0 Å². The highest BCUT2D eigenvalue weighted by molar-refractivity contribution is 4.85. The van der Waals surface area contributed by atoms with Crippen LogP contribution in [0, 0.1) is 0 Å². The number of piperidine rings is 1. The Balaban J connectivity index is 1.84. The summed E-state index contributed by atoms with van der Waals surface area (Å²) in [6, 6.07) is 0.709. The van der Waals surface area contributed by atoms with Crippen LogP contribution < -0.4 is 5.73 Å². The Labute approximate surface area is 106 Å². The lowest BCUT2D eigenvalue weighted by Gasteiger charge is -2.37. The summed E-state index contributed by atoms with van der Waals surface area (Å²) in [4.78, 5) is 2.63. The van der Waals surface area contributed by atoms with E-state index in [-0.39, 0.29) is 5.60 Å². The predicted molar refractivity (Wildman–Crippen MR) is 71.1 cm³/mol. The largest absolute Gasteiger partial charge is 0.371 e. The molecule has 100 valence electrons. The van der Waals surface area contributed by atoms with E-state index in [1.165, 1.54) is 38.6 Å². The van der Waals surface area contributed by atoms with E-state index in [1.54, 1.807) is 0 Å². The van der Waals surface area contributed by atoms with Crippen LogP contribution in [0.3, 0.4) is 0 Å². The van der Waals surface area contributed by atoms with E-state index < -0.39 is 0 Å². The molecule has 17 heavy (non-hydrogen) atoms. The summed E-state index contributed by atoms with van der Waals surface area (Å²) < 4.78 is 6.11. The van der Waals surface area contributed by atoms with Gasteiger partial charge in [0.1, 0.15) is 0 Å². The Morgan fingerprint density at radius 3 is 2.76 bits per heavy atom. The fraction of sp³-hybridized carbons (Fsp3) is 1.00. The van der Waals surface area contributed by atoms with Crippen LogP contribution in [0.4, 0.5) is 0 Å². The first-order chi connectivity index (χ1) is 8.11. The SMILES string of the molecule is CC1(C)CCC(CN2CCCCC2CCN)O1. The van der Waals surface area contributed by atoms with E-state index >= 15 is 0 Å². The zero-order valence-electron chi connectivity index (χ0n) is 11.5. The number of rotatable bonds is 4. The number of likely N-dealkylation sites (tertiary alicyclic amines) is 1. The van der Waals surface area contributed by atoms with Crippen molar-refractivity contribution in [2.24, 2.45) is 5.73 Å². The molecule has 2 aliphatic heterocycles. The molecule has 2 unspecified atom stereocenters. The minimum absolute atomic E-state index is 0.101. The van der Waals surface area contributed by atoms with Gasteiger partial charge in [-0.3, -0.25) is 4.90 Å². The minimum Gasteiger partial charge on any atom is -0.371 e. The summed E-state index contributed by atoms with van der Waals surface area (Å²) in [5.41, 5.74) is 5.82. The Hall–Kier alpha value is -0.120. The van der Waals surface area contributed by atoms with Crippen LogP contribution in [0.2, 0.25) is 0 Å². The first-order valence-electron chi connectivity index (χ1n) is 7.23. The van der Waals surface area contributed by atoms with Gasteiger partial charge in [0.25, 0.3) is 0 Å².